The van der Waals surface area contributed by atoms with Gasteiger partial charge >= 0.3 is 6.36 Å². The smallest absolute Gasteiger partial charge is 0.492 e. The summed E-state index contributed by atoms with van der Waals surface area (Å²) >= 11 is 1.08. The predicted octanol–water partition coefficient (Wildman–Crippen LogP) is 3.94. The van der Waals surface area contributed by atoms with Crippen LogP contribution in [0.3, 0.4) is 0 Å². The van der Waals surface area contributed by atoms with Crippen LogP contribution in [0, 0.1) is 0 Å². The average molecular weight is 435 g/mol. The second-order valence-corrected chi connectivity index (χ2v) is 7.50. The molecule has 0 radical (unpaired) electrons. The maximum absolute atomic E-state index is 12.5. The van der Waals surface area contributed by atoms with Crippen molar-refractivity contribution in [2.24, 2.45) is 0 Å². The van der Waals surface area contributed by atoms with Crippen LogP contribution in [0.2, 0.25) is 0 Å². The van der Waals surface area contributed by atoms with Crippen molar-refractivity contribution in [3.63, 3.8) is 0 Å². The van der Waals surface area contributed by atoms with Crippen LogP contribution in [0.4, 0.5) is 13.2 Å². The number of aromatic nitrogens is 2. The summed E-state index contributed by atoms with van der Waals surface area (Å²) in [6.45, 7) is 0.562. The zero-order valence-corrected chi connectivity index (χ0v) is 16.3. The van der Waals surface area contributed by atoms with E-state index >= 15 is 0 Å². The van der Waals surface area contributed by atoms with Crippen LogP contribution in [0.15, 0.2) is 54.9 Å². The number of hydrogen-bond donors (Lipinski definition) is 1. The van der Waals surface area contributed by atoms with Crippen molar-refractivity contribution < 1.29 is 27.4 Å². The summed E-state index contributed by atoms with van der Waals surface area (Å²) in [5, 5.41) is 2.91. The lowest BCUT2D eigenvalue weighted by atomic mass is 9.73. The second kappa shape index (κ2) is 7.94. The normalized spacial score (nSPS) is 18.2. The van der Waals surface area contributed by atoms with Gasteiger partial charge in [0.1, 0.15) is 16.4 Å². The molecule has 0 spiro atoms. The summed E-state index contributed by atoms with van der Waals surface area (Å²) in [7, 11) is 0. The van der Waals surface area contributed by atoms with E-state index in [9.17, 15) is 18.0 Å². The third-order valence-electron chi connectivity index (χ3n) is 4.86. The number of carbonyl (C=O) groups is 1. The first-order valence-electron chi connectivity index (χ1n) is 9.01. The van der Waals surface area contributed by atoms with Gasteiger partial charge in [0.15, 0.2) is 0 Å². The first-order valence-corrected chi connectivity index (χ1v) is 9.78. The quantitative estimate of drug-likeness (QED) is 0.657. The van der Waals surface area contributed by atoms with E-state index in [-0.39, 0.29) is 18.2 Å². The number of rotatable bonds is 5. The lowest BCUT2D eigenvalue weighted by Gasteiger charge is -2.38. The van der Waals surface area contributed by atoms with Crippen LogP contribution < -0.4 is 14.8 Å². The minimum atomic E-state index is -4.77. The number of halogens is 3. The third-order valence-corrected chi connectivity index (χ3v) is 5.61. The number of amides is 1. The van der Waals surface area contributed by atoms with Gasteiger partial charge in [0, 0.05) is 18.9 Å². The molecule has 0 aliphatic carbocycles. The Balaban J connectivity index is 1.69. The molecule has 3 aromatic rings. The Morgan fingerprint density at radius 2 is 2.00 bits per heavy atom. The Morgan fingerprint density at radius 1 is 1.20 bits per heavy atom. The van der Waals surface area contributed by atoms with Gasteiger partial charge in [-0.05, 0) is 53.8 Å². The highest BCUT2D eigenvalue weighted by atomic mass is 32.1. The van der Waals surface area contributed by atoms with Gasteiger partial charge in [-0.1, -0.05) is 12.1 Å². The molecule has 0 fully saturated rings. The summed E-state index contributed by atoms with van der Waals surface area (Å²) in [6.07, 6.45) is -1.12. The minimum absolute atomic E-state index is 0.191. The van der Waals surface area contributed by atoms with Crippen molar-refractivity contribution in [3.05, 3.63) is 71.0 Å². The van der Waals surface area contributed by atoms with E-state index in [1.807, 2.05) is 0 Å². The molecule has 1 aromatic carbocycles. The van der Waals surface area contributed by atoms with E-state index in [0.717, 1.165) is 11.5 Å². The molecule has 3 heterocycles. The summed E-state index contributed by atoms with van der Waals surface area (Å²) in [4.78, 5) is 17.4. The fourth-order valence-corrected chi connectivity index (χ4v) is 4.01. The van der Waals surface area contributed by atoms with E-state index in [2.05, 4.69) is 19.4 Å². The van der Waals surface area contributed by atoms with Crippen LogP contribution in [0.25, 0.3) is 0 Å². The molecule has 2 aromatic heterocycles. The maximum Gasteiger partial charge on any atom is 0.573 e. The van der Waals surface area contributed by atoms with E-state index in [1.165, 1.54) is 12.1 Å². The molecule has 10 heteroatoms. The molecule has 0 saturated carbocycles. The third kappa shape index (κ3) is 4.09. The first-order chi connectivity index (χ1) is 14.4. The molecular weight excluding hydrogens is 419 g/mol. The lowest BCUT2D eigenvalue weighted by Crippen LogP contribution is -2.45. The number of pyridine rings is 1. The zero-order chi connectivity index (χ0) is 21.2. The van der Waals surface area contributed by atoms with Gasteiger partial charge in [0.2, 0.25) is 0 Å². The summed E-state index contributed by atoms with van der Waals surface area (Å²) in [6, 6.07) is 10.8. The number of ether oxygens (including phenoxy) is 2. The summed E-state index contributed by atoms with van der Waals surface area (Å²) in [5.74, 6) is -0.0207. The van der Waals surface area contributed by atoms with Gasteiger partial charge < -0.3 is 14.8 Å². The monoisotopic (exact) mass is 435 g/mol. The van der Waals surface area contributed by atoms with Gasteiger partial charge in [-0.15, -0.1) is 13.2 Å². The molecule has 1 N–H and O–H groups in total. The highest BCUT2D eigenvalue weighted by molar-refractivity contribution is 7.08. The van der Waals surface area contributed by atoms with Crippen molar-refractivity contribution in [2.75, 3.05) is 13.2 Å². The van der Waals surface area contributed by atoms with E-state index < -0.39 is 11.8 Å². The topological polar surface area (TPSA) is 73.3 Å². The van der Waals surface area contributed by atoms with Crippen LogP contribution in [-0.4, -0.2) is 34.8 Å². The molecule has 30 heavy (non-hydrogen) atoms. The SMILES string of the molecule is O=C(NC[C@]1(c2ccc(OC(F)(F)F)cc2)CCOc2cccnc21)c1ccns1. The summed E-state index contributed by atoms with van der Waals surface area (Å²) < 4.78 is 51.2. The number of fused-ring (bicyclic) bond motifs is 1. The molecule has 1 atom stereocenters. The molecule has 1 aliphatic heterocycles. The van der Waals surface area contributed by atoms with Crippen molar-refractivity contribution in [2.45, 2.75) is 18.2 Å². The van der Waals surface area contributed by atoms with Crippen LogP contribution in [0.5, 0.6) is 11.5 Å². The summed E-state index contributed by atoms with van der Waals surface area (Å²) in [5.41, 5.74) is 0.543. The first kappa shape index (κ1) is 20.1. The predicted molar refractivity (Wildman–Crippen MR) is 103 cm³/mol. The number of nitrogens with one attached hydrogen (secondary N) is 1. The lowest BCUT2D eigenvalue weighted by molar-refractivity contribution is -0.274. The van der Waals surface area contributed by atoms with Gasteiger partial charge in [0.05, 0.1) is 17.7 Å². The van der Waals surface area contributed by atoms with E-state index in [0.29, 0.717) is 34.9 Å². The molecular formula is C20H16F3N3O3S. The molecule has 6 nitrogen and oxygen atoms in total. The molecule has 0 unspecified atom stereocenters. The maximum atomic E-state index is 12.5. The van der Waals surface area contributed by atoms with E-state index in [1.54, 1.807) is 42.7 Å². The second-order valence-electron chi connectivity index (χ2n) is 6.66. The Hall–Kier alpha value is -3.14. The zero-order valence-electron chi connectivity index (χ0n) is 15.5. The van der Waals surface area contributed by atoms with Crippen LogP contribution in [0.1, 0.15) is 27.3 Å². The number of alkyl halides is 3. The Labute approximate surface area is 173 Å². The fourth-order valence-electron chi connectivity index (χ4n) is 3.50. The number of hydrogen-bond acceptors (Lipinski definition) is 6. The van der Waals surface area contributed by atoms with Gasteiger partial charge in [0.25, 0.3) is 5.91 Å². The number of benzene rings is 1. The fraction of sp³-hybridized carbons (Fsp3) is 0.250. The van der Waals surface area contributed by atoms with Gasteiger partial charge in [-0.3, -0.25) is 9.78 Å². The van der Waals surface area contributed by atoms with Crippen LogP contribution >= 0.6 is 11.5 Å². The Kier molecular flexibility index (Phi) is 5.33. The highest BCUT2D eigenvalue weighted by Crippen LogP contribution is 2.42. The largest absolute Gasteiger partial charge is 0.573 e. The van der Waals surface area contributed by atoms with Crippen molar-refractivity contribution in [3.8, 4) is 11.5 Å². The van der Waals surface area contributed by atoms with Gasteiger partial charge in [-0.2, -0.15) is 0 Å². The standard InChI is InChI=1S/C20H16F3N3O3S/c21-20(22,23)29-14-5-3-13(4-6-14)19(12-25-18(27)16-7-10-26-30-16)8-11-28-15-2-1-9-24-17(15)19/h1-7,9-10H,8,11-12H2,(H,25,27)/t19-/m0/s1. The average Bonchev–Trinajstić information content (AvgIpc) is 3.26. The number of carbonyl (C=O) groups excluding carboxylic acids is 1. The van der Waals surface area contributed by atoms with E-state index in [4.69, 9.17) is 4.74 Å². The molecule has 0 bridgehead atoms. The molecule has 1 amide bonds. The highest BCUT2D eigenvalue weighted by Gasteiger charge is 2.41. The van der Waals surface area contributed by atoms with Crippen molar-refractivity contribution >= 4 is 17.4 Å². The molecule has 156 valence electrons. The molecule has 1 aliphatic rings. The molecule has 0 saturated heterocycles. The Morgan fingerprint density at radius 3 is 2.70 bits per heavy atom. The Bertz CT molecular complexity index is 1030. The van der Waals surface area contributed by atoms with Crippen LogP contribution in [-0.2, 0) is 5.41 Å². The minimum Gasteiger partial charge on any atom is -0.492 e. The van der Waals surface area contributed by atoms with Crippen molar-refractivity contribution in [1.82, 2.24) is 14.7 Å². The van der Waals surface area contributed by atoms with Crippen molar-refractivity contribution in [1.29, 1.82) is 0 Å². The van der Waals surface area contributed by atoms with Gasteiger partial charge in [-0.25, -0.2) is 4.37 Å². The molecule has 4 rings (SSSR count). The number of nitrogens with zero attached hydrogens (tertiary/aromatic N) is 2.